The molecule has 0 saturated carbocycles. The molecule has 0 unspecified atom stereocenters. The van der Waals surface area contributed by atoms with Crippen molar-refractivity contribution in [2.24, 2.45) is 0 Å². The summed E-state index contributed by atoms with van der Waals surface area (Å²) in [6.07, 6.45) is 2.97. The normalized spacial score (nSPS) is 11.3. The summed E-state index contributed by atoms with van der Waals surface area (Å²) in [7, 11) is 3.21. The maximum absolute atomic E-state index is 14.5. The predicted octanol–water partition coefficient (Wildman–Crippen LogP) is 5.97. The summed E-state index contributed by atoms with van der Waals surface area (Å²) in [4.78, 5) is 0. The zero-order valence-electron chi connectivity index (χ0n) is 18.8. The van der Waals surface area contributed by atoms with E-state index in [0.29, 0.717) is 23.6 Å². The smallest absolute Gasteiger partial charge is 0.162 e. The van der Waals surface area contributed by atoms with E-state index in [1.54, 1.807) is 26.4 Å². The number of halogens is 1. The van der Waals surface area contributed by atoms with Crippen LogP contribution in [0.15, 0.2) is 66.9 Å². The minimum Gasteiger partial charge on any atom is -0.493 e. The first-order valence-electron chi connectivity index (χ1n) is 10.9. The quantitative estimate of drug-likeness (QED) is 0.326. The molecule has 0 N–H and O–H groups in total. The Hall–Kier alpha value is -3.93. The third kappa shape index (κ3) is 3.67. The largest absolute Gasteiger partial charge is 0.493 e. The molecule has 5 rings (SSSR count). The second-order valence-corrected chi connectivity index (χ2v) is 7.93. The Bertz CT molecular complexity index is 1410. The van der Waals surface area contributed by atoms with E-state index in [2.05, 4.69) is 41.4 Å². The van der Waals surface area contributed by atoms with Crippen LogP contribution in [0.3, 0.4) is 0 Å². The van der Waals surface area contributed by atoms with Crippen molar-refractivity contribution in [3.63, 3.8) is 0 Å². The molecule has 0 bridgehead atoms. The van der Waals surface area contributed by atoms with Crippen molar-refractivity contribution in [1.29, 1.82) is 0 Å². The summed E-state index contributed by atoms with van der Waals surface area (Å²) in [5.41, 5.74) is 6.18. The predicted molar refractivity (Wildman–Crippen MR) is 128 cm³/mol. The van der Waals surface area contributed by atoms with Crippen molar-refractivity contribution >= 4 is 10.9 Å². The first-order valence-corrected chi connectivity index (χ1v) is 10.9. The lowest BCUT2D eigenvalue weighted by Gasteiger charge is -2.18. The average molecular weight is 442 g/mol. The molecular weight excluding hydrogens is 417 g/mol. The van der Waals surface area contributed by atoms with Crippen LogP contribution in [0, 0.1) is 5.82 Å². The second kappa shape index (κ2) is 8.54. The van der Waals surface area contributed by atoms with Crippen LogP contribution in [0.25, 0.3) is 33.4 Å². The van der Waals surface area contributed by atoms with Crippen molar-refractivity contribution in [2.75, 3.05) is 14.2 Å². The second-order valence-electron chi connectivity index (χ2n) is 7.93. The Morgan fingerprint density at radius 3 is 2.27 bits per heavy atom. The fourth-order valence-corrected chi connectivity index (χ4v) is 4.21. The standard InChI is InChI=1S/C27H24FN3O2/c1-4-17-9-11-18(12-10-17)26-21-16-31(15-19-7-5-6-8-22(19)28)23-14-25(33-3)24(32-2)13-20(23)27(21)30-29-26/h5-14,16H,4,15H2,1-3H3. The number of nitrogens with zero attached hydrogens (tertiary/aromatic N) is 3. The molecule has 0 aliphatic carbocycles. The van der Waals surface area contributed by atoms with Gasteiger partial charge in [0.15, 0.2) is 11.5 Å². The van der Waals surface area contributed by atoms with E-state index in [4.69, 9.17) is 9.47 Å². The number of fused-ring (bicyclic) bond motifs is 3. The van der Waals surface area contributed by atoms with Gasteiger partial charge in [-0.3, -0.25) is 0 Å². The van der Waals surface area contributed by atoms with Gasteiger partial charge in [-0.2, -0.15) is 0 Å². The summed E-state index contributed by atoms with van der Waals surface area (Å²) < 4.78 is 27.6. The number of hydrogen-bond donors (Lipinski definition) is 0. The minimum atomic E-state index is -0.243. The summed E-state index contributed by atoms with van der Waals surface area (Å²) in [5.74, 6) is 0.959. The Kier molecular flexibility index (Phi) is 5.42. The third-order valence-electron chi connectivity index (χ3n) is 6.05. The van der Waals surface area contributed by atoms with Crippen LogP contribution in [0.4, 0.5) is 4.39 Å². The molecule has 2 aliphatic heterocycles. The Labute approximate surface area is 191 Å². The van der Waals surface area contributed by atoms with E-state index in [1.165, 1.54) is 11.6 Å². The van der Waals surface area contributed by atoms with Gasteiger partial charge in [-0.25, -0.2) is 4.39 Å². The molecule has 0 aromatic heterocycles. The summed E-state index contributed by atoms with van der Waals surface area (Å²) in [5, 5.41) is 9.92. The van der Waals surface area contributed by atoms with Crippen molar-refractivity contribution in [1.82, 2.24) is 14.8 Å². The molecule has 0 saturated heterocycles. The van der Waals surface area contributed by atoms with E-state index < -0.39 is 0 Å². The molecule has 0 radical (unpaired) electrons. The number of ether oxygens (including phenoxy) is 2. The number of rotatable bonds is 6. The van der Waals surface area contributed by atoms with Gasteiger partial charge in [0.1, 0.15) is 17.2 Å². The molecule has 2 aliphatic rings. The number of hydrogen-bond acceptors (Lipinski definition) is 4. The molecule has 0 atom stereocenters. The number of methoxy groups -OCH3 is 2. The first-order chi connectivity index (χ1) is 16.1. The highest BCUT2D eigenvalue weighted by Gasteiger charge is 2.22. The number of aryl methyl sites for hydroxylation is 1. The highest BCUT2D eigenvalue weighted by Crippen LogP contribution is 2.41. The molecule has 6 heteroatoms. The van der Waals surface area contributed by atoms with E-state index >= 15 is 0 Å². The fraction of sp³-hybridized carbons (Fsp3) is 0.185. The van der Waals surface area contributed by atoms with Gasteiger partial charge in [0.25, 0.3) is 0 Å². The summed E-state index contributed by atoms with van der Waals surface area (Å²) in [6, 6.07) is 19.0. The van der Waals surface area contributed by atoms with Gasteiger partial charge in [0, 0.05) is 34.3 Å². The zero-order valence-corrected chi connectivity index (χ0v) is 18.8. The molecule has 3 aromatic carbocycles. The molecule has 0 spiro atoms. The maximum Gasteiger partial charge on any atom is 0.162 e. The molecule has 0 fully saturated rings. The van der Waals surface area contributed by atoms with E-state index in [1.807, 2.05) is 29.0 Å². The van der Waals surface area contributed by atoms with Crippen LogP contribution in [0.5, 0.6) is 11.5 Å². The van der Waals surface area contributed by atoms with Crippen molar-refractivity contribution < 1.29 is 13.9 Å². The molecular formula is C27H24FN3O2. The first kappa shape index (κ1) is 20.9. The van der Waals surface area contributed by atoms with E-state index in [9.17, 15) is 4.39 Å². The van der Waals surface area contributed by atoms with Gasteiger partial charge in [-0.15, -0.1) is 10.2 Å². The molecule has 3 aromatic rings. The lowest BCUT2D eigenvalue weighted by molar-refractivity contribution is 0.355. The maximum atomic E-state index is 14.5. The van der Waals surface area contributed by atoms with Crippen LogP contribution in [-0.2, 0) is 13.0 Å². The lowest BCUT2D eigenvalue weighted by atomic mass is 10.00. The Morgan fingerprint density at radius 1 is 0.879 bits per heavy atom. The van der Waals surface area contributed by atoms with Crippen molar-refractivity contribution in [3.8, 4) is 34.0 Å². The number of aromatic nitrogens is 3. The van der Waals surface area contributed by atoms with E-state index in [-0.39, 0.29) is 5.82 Å². The van der Waals surface area contributed by atoms with Gasteiger partial charge in [0.2, 0.25) is 0 Å². The topological polar surface area (TPSA) is 49.2 Å². The van der Waals surface area contributed by atoms with Crippen LogP contribution >= 0.6 is 0 Å². The third-order valence-corrected chi connectivity index (χ3v) is 6.05. The van der Waals surface area contributed by atoms with Crippen LogP contribution in [0.2, 0.25) is 0 Å². The van der Waals surface area contributed by atoms with Gasteiger partial charge in [-0.1, -0.05) is 49.4 Å². The van der Waals surface area contributed by atoms with Crippen molar-refractivity contribution in [3.05, 3.63) is 83.8 Å². The molecule has 33 heavy (non-hydrogen) atoms. The SMILES string of the molecule is CCc1ccc(-c2nnc3c4cc(OC)c(OC)cc4n(Cc4ccccc4F)cc2-3)cc1. The fourth-order valence-electron chi connectivity index (χ4n) is 4.21. The zero-order chi connectivity index (χ0) is 22.9. The van der Waals surface area contributed by atoms with Crippen LogP contribution in [0.1, 0.15) is 18.1 Å². The van der Waals surface area contributed by atoms with E-state index in [0.717, 1.165) is 39.8 Å². The van der Waals surface area contributed by atoms with Gasteiger partial charge in [-0.05, 0) is 24.1 Å². The van der Waals surface area contributed by atoms with Gasteiger partial charge in [0.05, 0.1) is 26.3 Å². The van der Waals surface area contributed by atoms with Crippen LogP contribution < -0.4 is 9.47 Å². The van der Waals surface area contributed by atoms with Crippen LogP contribution in [-0.4, -0.2) is 29.0 Å². The van der Waals surface area contributed by atoms with Crippen molar-refractivity contribution in [2.45, 2.75) is 19.9 Å². The Balaban J connectivity index is 1.76. The summed E-state index contributed by atoms with van der Waals surface area (Å²) in [6.45, 7) is 2.49. The minimum absolute atomic E-state index is 0.243. The molecule has 2 heterocycles. The van der Waals surface area contributed by atoms with Gasteiger partial charge < -0.3 is 14.0 Å². The Morgan fingerprint density at radius 2 is 1.58 bits per heavy atom. The molecule has 166 valence electrons. The molecule has 0 amide bonds. The summed E-state index contributed by atoms with van der Waals surface area (Å²) >= 11 is 0. The highest BCUT2D eigenvalue weighted by atomic mass is 19.1. The number of benzene rings is 3. The number of pyridine rings is 1. The van der Waals surface area contributed by atoms with Gasteiger partial charge >= 0.3 is 0 Å². The molecule has 5 nitrogen and oxygen atoms in total. The lowest BCUT2D eigenvalue weighted by Crippen LogP contribution is -2.06. The monoisotopic (exact) mass is 441 g/mol. The highest BCUT2D eigenvalue weighted by molar-refractivity contribution is 5.99. The average Bonchev–Trinajstić information content (AvgIpc) is 3.28.